The maximum Gasteiger partial charge on any atom is 0.0623 e. The first-order valence-electron chi connectivity index (χ1n) is 4.94. The van der Waals surface area contributed by atoms with Gasteiger partial charge in [-0.1, -0.05) is 19.6 Å². The molecule has 0 bridgehead atoms. The van der Waals surface area contributed by atoms with Gasteiger partial charge in [0, 0.05) is 11.7 Å². The summed E-state index contributed by atoms with van der Waals surface area (Å²) >= 11 is 0. The van der Waals surface area contributed by atoms with E-state index in [1.54, 1.807) is 6.08 Å². The van der Waals surface area contributed by atoms with E-state index < -0.39 is 0 Å². The van der Waals surface area contributed by atoms with Crippen molar-refractivity contribution < 1.29 is 0 Å². The lowest BCUT2D eigenvalue weighted by Gasteiger charge is -2.25. The highest BCUT2D eigenvalue weighted by molar-refractivity contribution is 5.42. The zero-order chi connectivity index (χ0) is 10.6. The molecule has 2 nitrogen and oxygen atoms in total. The number of nitrogens with one attached hydrogen (secondary N) is 1. The highest BCUT2D eigenvalue weighted by atomic mass is 14.9. The largest absolute Gasteiger partial charge is 0.308 e. The first-order valence-corrected chi connectivity index (χ1v) is 4.94. The van der Waals surface area contributed by atoms with E-state index in [1.807, 2.05) is 12.3 Å². The minimum absolute atomic E-state index is 0.0125. The number of rotatable bonds is 4. The van der Waals surface area contributed by atoms with Gasteiger partial charge in [0.05, 0.1) is 5.69 Å². The minimum Gasteiger partial charge on any atom is -0.308 e. The molecule has 0 amide bonds. The lowest BCUT2D eigenvalue weighted by atomic mass is 9.96. The van der Waals surface area contributed by atoms with Crippen molar-refractivity contribution in [2.45, 2.75) is 26.3 Å². The number of hydrogen-bond donors (Lipinski definition) is 1. The molecule has 0 aliphatic carbocycles. The summed E-state index contributed by atoms with van der Waals surface area (Å²) in [5, 5.41) is 3.41. The molecule has 1 rings (SSSR count). The van der Waals surface area contributed by atoms with E-state index in [-0.39, 0.29) is 5.54 Å². The number of pyridine rings is 1. The predicted molar refractivity (Wildman–Crippen MR) is 61.0 cm³/mol. The van der Waals surface area contributed by atoms with E-state index in [9.17, 15) is 0 Å². The summed E-state index contributed by atoms with van der Waals surface area (Å²) in [7, 11) is 0. The molecule has 1 aromatic heterocycles. The van der Waals surface area contributed by atoms with Gasteiger partial charge in [-0.2, -0.15) is 0 Å². The van der Waals surface area contributed by atoms with Crippen LogP contribution >= 0.6 is 0 Å². The topological polar surface area (TPSA) is 24.9 Å². The molecule has 0 aliphatic heterocycles. The number of hydrogen-bond acceptors (Lipinski definition) is 2. The second-order valence-corrected chi connectivity index (χ2v) is 3.83. The minimum atomic E-state index is -0.0125. The molecule has 0 aliphatic rings. The third-order valence-electron chi connectivity index (χ3n) is 2.34. The van der Waals surface area contributed by atoms with Gasteiger partial charge in [-0.3, -0.25) is 4.98 Å². The van der Waals surface area contributed by atoms with Gasteiger partial charge >= 0.3 is 0 Å². The van der Waals surface area contributed by atoms with Crippen molar-refractivity contribution in [2.75, 3.05) is 6.54 Å². The second kappa shape index (κ2) is 4.38. The van der Waals surface area contributed by atoms with E-state index in [4.69, 9.17) is 0 Å². The van der Waals surface area contributed by atoms with Crippen molar-refractivity contribution in [1.82, 2.24) is 10.3 Å². The fourth-order valence-electron chi connectivity index (χ4n) is 1.44. The van der Waals surface area contributed by atoms with Crippen LogP contribution in [0.2, 0.25) is 0 Å². The monoisotopic (exact) mass is 190 g/mol. The van der Waals surface area contributed by atoms with E-state index in [2.05, 4.69) is 43.7 Å². The zero-order valence-electron chi connectivity index (χ0n) is 9.17. The average Bonchev–Trinajstić information content (AvgIpc) is 2.18. The summed E-state index contributed by atoms with van der Waals surface area (Å²) in [5.74, 6) is 0. The summed E-state index contributed by atoms with van der Waals surface area (Å²) in [5.41, 5.74) is 2.10. The molecular weight excluding hydrogens is 172 g/mol. The lowest BCUT2D eigenvalue weighted by Crippen LogP contribution is -2.36. The molecule has 1 N–H and O–H groups in total. The van der Waals surface area contributed by atoms with Crippen LogP contribution in [0.1, 0.15) is 32.0 Å². The Labute approximate surface area is 86.1 Å². The molecule has 0 saturated carbocycles. The van der Waals surface area contributed by atoms with Crippen molar-refractivity contribution in [3.8, 4) is 0 Å². The van der Waals surface area contributed by atoms with Gasteiger partial charge in [0.25, 0.3) is 0 Å². The first kappa shape index (κ1) is 10.9. The molecule has 14 heavy (non-hydrogen) atoms. The Morgan fingerprint density at radius 3 is 2.64 bits per heavy atom. The summed E-state index contributed by atoms with van der Waals surface area (Å²) < 4.78 is 0. The van der Waals surface area contributed by atoms with Crippen LogP contribution in [0.25, 0.3) is 6.08 Å². The summed E-state index contributed by atoms with van der Waals surface area (Å²) in [6.07, 6.45) is 3.66. The molecule has 1 aromatic rings. The molecule has 1 heterocycles. The van der Waals surface area contributed by atoms with Crippen molar-refractivity contribution in [1.29, 1.82) is 0 Å². The molecule has 2 heteroatoms. The lowest BCUT2D eigenvalue weighted by molar-refractivity contribution is 0.414. The fourth-order valence-corrected chi connectivity index (χ4v) is 1.44. The van der Waals surface area contributed by atoms with E-state index >= 15 is 0 Å². The van der Waals surface area contributed by atoms with Crippen LogP contribution in [0.3, 0.4) is 0 Å². The predicted octanol–water partition coefficient (Wildman–Crippen LogP) is 2.57. The number of aromatic nitrogens is 1. The Kier molecular flexibility index (Phi) is 3.42. The summed E-state index contributed by atoms with van der Waals surface area (Å²) in [6.45, 7) is 11.0. The maximum absolute atomic E-state index is 4.29. The number of nitrogens with zero attached hydrogens (tertiary/aromatic N) is 1. The van der Waals surface area contributed by atoms with E-state index in [0.29, 0.717) is 0 Å². The fraction of sp³-hybridized carbons (Fsp3) is 0.417. The Morgan fingerprint density at radius 2 is 2.21 bits per heavy atom. The molecule has 0 atom stereocenters. The Balaban J connectivity index is 2.90. The van der Waals surface area contributed by atoms with Crippen LogP contribution in [0.4, 0.5) is 0 Å². The van der Waals surface area contributed by atoms with Gasteiger partial charge in [-0.05, 0) is 38.1 Å². The third-order valence-corrected chi connectivity index (χ3v) is 2.34. The van der Waals surface area contributed by atoms with Crippen LogP contribution in [0.15, 0.2) is 24.9 Å². The van der Waals surface area contributed by atoms with Crippen molar-refractivity contribution in [3.63, 3.8) is 0 Å². The normalized spacial score (nSPS) is 11.4. The highest BCUT2D eigenvalue weighted by Gasteiger charge is 2.18. The average molecular weight is 190 g/mol. The van der Waals surface area contributed by atoms with Gasteiger partial charge in [0.1, 0.15) is 0 Å². The molecule has 0 fully saturated rings. The summed E-state index contributed by atoms with van der Waals surface area (Å²) in [6, 6.07) is 4.08. The van der Waals surface area contributed by atoms with Crippen molar-refractivity contribution in [3.05, 3.63) is 36.2 Å². The van der Waals surface area contributed by atoms with Gasteiger partial charge in [-0.15, -0.1) is 0 Å². The van der Waals surface area contributed by atoms with Gasteiger partial charge in [0.15, 0.2) is 0 Å². The molecule has 0 spiro atoms. The quantitative estimate of drug-likeness (QED) is 0.789. The second-order valence-electron chi connectivity index (χ2n) is 3.83. The smallest absolute Gasteiger partial charge is 0.0623 e. The Bertz CT molecular complexity index is 299. The van der Waals surface area contributed by atoms with E-state index in [1.165, 1.54) is 5.56 Å². The van der Waals surface area contributed by atoms with Crippen LogP contribution in [0.5, 0.6) is 0 Å². The molecule has 0 saturated heterocycles. The van der Waals surface area contributed by atoms with Gasteiger partial charge < -0.3 is 5.32 Å². The first-order chi connectivity index (χ1) is 6.60. The van der Waals surface area contributed by atoms with Crippen LogP contribution < -0.4 is 5.32 Å². The molecule has 0 unspecified atom stereocenters. The molecular formula is C12H18N2. The highest BCUT2D eigenvalue weighted by Crippen LogP contribution is 2.18. The van der Waals surface area contributed by atoms with Crippen LogP contribution in [-0.2, 0) is 5.54 Å². The molecule has 0 radical (unpaired) electrons. The molecule has 0 aromatic carbocycles. The third kappa shape index (κ3) is 2.42. The van der Waals surface area contributed by atoms with Crippen molar-refractivity contribution >= 4 is 6.08 Å². The van der Waals surface area contributed by atoms with Crippen molar-refractivity contribution in [2.24, 2.45) is 0 Å². The van der Waals surface area contributed by atoms with Gasteiger partial charge in [-0.25, -0.2) is 0 Å². The zero-order valence-corrected chi connectivity index (χ0v) is 9.17. The maximum atomic E-state index is 4.29. The van der Waals surface area contributed by atoms with Crippen LogP contribution in [0, 0.1) is 0 Å². The molecule has 76 valence electrons. The van der Waals surface area contributed by atoms with Crippen LogP contribution in [-0.4, -0.2) is 11.5 Å². The van der Waals surface area contributed by atoms with Gasteiger partial charge in [0.2, 0.25) is 0 Å². The SMILES string of the molecule is C=Cc1ccc(C(C)(C)NCC)cn1. The summed E-state index contributed by atoms with van der Waals surface area (Å²) in [4.78, 5) is 4.29. The van der Waals surface area contributed by atoms with E-state index in [0.717, 1.165) is 12.2 Å². The Morgan fingerprint density at radius 1 is 1.50 bits per heavy atom. The standard InChI is InChI=1S/C12H18N2/c1-5-11-8-7-10(9-13-11)12(3,4)14-6-2/h5,7-9,14H,1,6H2,2-4H3. The Hall–Kier alpha value is -1.15.